The van der Waals surface area contributed by atoms with Crippen molar-refractivity contribution in [2.45, 2.75) is 0 Å². The van der Waals surface area contributed by atoms with Crippen molar-refractivity contribution in [2.75, 3.05) is 0 Å². The van der Waals surface area contributed by atoms with Crippen LogP contribution >= 0.6 is 0 Å². The first-order chi connectivity index (χ1) is 14.9. The lowest BCUT2D eigenvalue weighted by Gasteiger charge is -2.17. The average Bonchev–Trinajstić information content (AvgIpc) is 2.83. The van der Waals surface area contributed by atoms with E-state index in [2.05, 4.69) is 84.9 Å². The van der Waals surface area contributed by atoms with Crippen LogP contribution in [-0.2, 0) is 0 Å². The van der Waals surface area contributed by atoms with Crippen molar-refractivity contribution in [3.63, 3.8) is 0 Å². The molecule has 0 aliphatic rings. The smallest absolute Gasteiger partial charge is 0.0985 e. The lowest BCUT2D eigenvalue weighted by atomic mass is 9.88. The third-order valence-corrected chi connectivity index (χ3v) is 5.63. The maximum atomic E-state index is 5.13. The highest BCUT2D eigenvalue weighted by Gasteiger charge is 2.19. The minimum atomic E-state index is 0.913. The molecule has 140 valence electrons. The summed E-state index contributed by atoms with van der Waals surface area (Å²) in [6.07, 6.45) is 0. The summed E-state index contributed by atoms with van der Waals surface area (Å²) in [6, 6.07) is 37.8. The van der Waals surface area contributed by atoms with Crippen molar-refractivity contribution in [2.24, 2.45) is 0 Å². The van der Waals surface area contributed by atoms with Crippen LogP contribution in [0.25, 0.3) is 55.1 Å². The Morgan fingerprint density at radius 1 is 0.367 bits per heavy atom. The molecule has 0 aliphatic carbocycles. The molecule has 0 radical (unpaired) electrons. The predicted molar refractivity (Wildman–Crippen MR) is 125 cm³/mol. The summed E-state index contributed by atoms with van der Waals surface area (Å²) < 4.78 is 0. The van der Waals surface area contributed by atoms with Crippen LogP contribution in [0.4, 0.5) is 0 Å². The van der Waals surface area contributed by atoms with E-state index in [0.29, 0.717) is 0 Å². The molecule has 0 saturated heterocycles. The summed E-state index contributed by atoms with van der Waals surface area (Å²) in [4.78, 5) is 10.2. The average molecular weight is 382 g/mol. The zero-order valence-electron chi connectivity index (χ0n) is 16.3. The van der Waals surface area contributed by atoms with Crippen molar-refractivity contribution in [1.29, 1.82) is 0 Å². The molecule has 0 spiro atoms. The second-order valence-corrected chi connectivity index (χ2v) is 7.44. The van der Waals surface area contributed by atoms with Gasteiger partial charge < -0.3 is 0 Å². The van der Waals surface area contributed by atoms with Crippen LogP contribution < -0.4 is 0 Å². The first-order valence-corrected chi connectivity index (χ1v) is 10.1. The number of aromatic nitrogens is 2. The maximum absolute atomic E-state index is 5.13. The Balaban J connectivity index is 1.91. The van der Waals surface area contributed by atoms with E-state index in [1.54, 1.807) is 0 Å². The van der Waals surface area contributed by atoms with Crippen LogP contribution in [0.2, 0.25) is 0 Å². The number of rotatable bonds is 2. The molecule has 1 aromatic heterocycles. The third-order valence-electron chi connectivity index (χ3n) is 5.63. The number of para-hydroxylation sites is 2. The summed E-state index contributed by atoms with van der Waals surface area (Å²) in [6.45, 7) is 0. The Morgan fingerprint density at radius 3 is 1.47 bits per heavy atom. The van der Waals surface area contributed by atoms with E-state index < -0.39 is 0 Å². The largest absolute Gasteiger partial charge is 0.244 e. The zero-order chi connectivity index (χ0) is 19.9. The van der Waals surface area contributed by atoms with E-state index in [-0.39, 0.29) is 0 Å². The van der Waals surface area contributed by atoms with Gasteiger partial charge >= 0.3 is 0 Å². The molecule has 2 heteroatoms. The van der Waals surface area contributed by atoms with Gasteiger partial charge in [-0.05, 0) is 34.2 Å². The van der Waals surface area contributed by atoms with Crippen LogP contribution in [0.1, 0.15) is 0 Å². The van der Waals surface area contributed by atoms with Gasteiger partial charge in [0.25, 0.3) is 0 Å². The SMILES string of the molecule is c1ccc(-c2c(-c3ccccc3)c3nc4ccccc4nc3c3ccccc23)cc1. The van der Waals surface area contributed by atoms with Crippen LogP contribution in [0.3, 0.4) is 0 Å². The Kier molecular flexibility index (Phi) is 3.82. The number of hydrogen-bond acceptors (Lipinski definition) is 2. The molecule has 0 unspecified atom stereocenters. The molecular formula is C28H18N2. The van der Waals surface area contributed by atoms with Crippen molar-refractivity contribution < 1.29 is 0 Å². The van der Waals surface area contributed by atoms with Crippen LogP contribution in [0.5, 0.6) is 0 Å². The summed E-state index contributed by atoms with van der Waals surface area (Å²) >= 11 is 0. The van der Waals surface area contributed by atoms with Gasteiger partial charge in [0.1, 0.15) is 0 Å². The Bertz CT molecular complexity index is 1520. The standard InChI is InChI=1S/C28H18N2/c1-3-11-19(12-4-1)25-21-15-7-8-16-22(21)27-28(26(25)20-13-5-2-6-14-20)30-24-18-10-9-17-23(24)29-27/h1-18H. The van der Waals surface area contributed by atoms with Gasteiger partial charge in [-0.3, -0.25) is 0 Å². The molecule has 0 N–H and O–H groups in total. The van der Waals surface area contributed by atoms with Crippen molar-refractivity contribution in [3.05, 3.63) is 109 Å². The van der Waals surface area contributed by atoms with Gasteiger partial charge in [0.05, 0.1) is 22.1 Å². The molecule has 5 aromatic carbocycles. The Morgan fingerprint density at radius 2 is 0.833 bits per heavy atom. The molecule has 0 aliphatic heterocycles. The minimum absolute atomic E-state index is 0.913. The number of nitrogens with zero attached hydrogens (tertiary/aromatic N) is 2. The highest BCUT2D eigenvalue weighted by Crippen LogP contribution is 2.43. The van der Waals surface area contributed by atoms with Gasteiger partial charge in [0.2, 0.25) is 0 Å². The molecular weight excluding hydrogens is 364 g/mol. The van der Waals surface area contributed by atoms with Gasteiger partial charge in [0, 0.05) is 10.9 Å². The van der Waals surface area contributed by atoms with E-state index in [0.717, 1.165) is 38.6 Å². The maximum Gasteiger partial charge on any atom is 0.0985 e. The van der Waals surface area contributed by atoms with E-state index >= 15 is 0 Å². The number of benzene rings is 5. The first-order valence-electron chi connectivity index (χ1n) is 10.1. The van der Waals surface area contributed by atoms with E-state index in [1.807, 2.05) is 24.3 Å². The molecule has 30 heavy (non-hydrogen) atoms. The highest BCUT2D eigenvalue weighted by atomic mass is 14.8. The van der Waals surface area contributed by atoms with E-state index in [9.17, 15) is 0 Å². The Labute approximate surface area is 174 Å². The molecule has 0 bridgehead atoms. The van der Waals surface area contributed by atoms with Crippen LogP contribution in [0.15, 0.2) is 109 Å². The first kappa shape index (κ1) is 16.9. The van der Waals surface area contributed by atoms with Crippen LogP contribution in [0, 0.1) is 0 Å². The van der Waals surface area contributed by atoms with Crippen molar-refractivity contribution in [3.8, 4) is 22.3 Å². The lowest BCUT2D eigenvalue weighted by Crippen LogP contribution is -1.96. The third kappa shape index (κ3) is 2.58. The van der Waals surface area contributed by atoms with Crippen molar-refractivity contribution >= 4 is 32.8 Å². The quantitative estimate of drug-likeness (QED) is 0.232. The normalized spacial score (nSPS) is 11.3. The zero-order valence-corrected chi connectivity index (χ0v) is 16.3. The van der Waals surface area contributed by atoms with Crippen molar-refractivity contribution in [1.82, 2.24) is 9.97 Å². The van der Waals surface area contributed by atoms with Crippen LogP contribution in [-0.4, -0.2) is 9.97 Å². The summed E-state index contributed by atoms with van der Waals surface area (Å²) in [7, 11) is 0. The van der Waals surface area contributed by atoms with Gasteiger partial charge in [-0.15, -0.1) is 0 Å². The van der Waals surface area contributed by atoms with Gasteiger partial charge in [-0.1, -0.05) is 97.1 Å². The topological polar surface area (TPSA) is 25.8 Å². The highest BCUT2D eigenvalue weighted by molar-refractivity contribution is 6.20. The fraction of sp³-hybridized carbons (Fsp3) is 0. The molecule has 0 fully saturated rings. The van der Waals surface area contributed by atoms with E-state index in [4.69, 9.17) is 9.97 Å². The molecule has 0 atom stereocenters. The second-order valence-electron chi connectivity index (χ2n) is 7.44. The number of fused-ring (bicyclic) bond motifs is 4. The van der Waals surface area contributed by atoms with E-state index in [1.165, 1.54) is 16.5 Å². The summed E-state index contributed by atoms with van der Waals surface area (Å²) in [5.74, 6) is 0. The van der Waals surface area contributed by atoms with Gasteiger partial charge in [-0.2, -0.15) is 0 Å². The summed E-state index contributed by atoms with van der Waals surface area (Å²) in [5, 5.41) is 2.32. The Hall–Kier alpha value is -4.04. The second kappa shape index (κ2) is 6.78. The molecule has 0 saturated carbocycles. The molecule has 6 rings (SSSR count). The lowest BCUT2D eigenvalue weighted by molar-refractivity contribution is 1.40. The monoisotopic (exact) mass is 382 g/mol. The minimum Gasteiger partial charge on any atom is -0.244 e. The number of hydrogen-bond donors (Lipinski definition) is 0. The predicted octanol–water partition coefficient (Wildman–Crippen LogP) is 7.27. The fourth-order valence-corrected chi connectivity index (χ4v) is 4.31. The van der Waals surface area contributed by atoms with Gasteiger partial charge in [0.15, 0.2) is 0 Å². The summed E-state index contributed by atoms with van der Waals surface area (Å²) in [5.41, 5.74) is 8.39. The molecule has 0 amide bonds. The molecule has 1 heterocycles. The van der Waals surface area contributed by atoms with Gasteiger partial charge in [-0.25, -0.2) is 9.97 Å². The molecule has 2 nitrogen and oxygen atoms in total. The fourth-order valence-electron chi connectivity index (χ4n) is 4.31. The molecule has 6 aromatic rings.